The van der Waals surface area contributed by atoms with Gasteiger partial charge in [-0.25, -0.2) is 4.98 Å². The molecule has 0 fully saturated rings. The SMILES string of the molecule is CC(C)c1nc(C(=O)NCC(N)C(C)C)n[nH]1. The molecule has 17 heavy (non-hydrogen) atoms. The second-order valence-electron chi connectivity index (χ2n) is 4.82. The van der Waals surface area contributed by atoms with E-state index in [-0.39, 0.29) is 23.7 Å². The van der Waals surface area contributed by atoms with Crippen molar-refractivity contribution in [3.63, 3.8) is 0 Å². The Hall–Kier alpha value is -1.43. The molecule has 0 radical (unpaired) electrons. The van der Waals surface area contributed by atoms with E-state index in [0.29, 0.717) is 18.3 Å². The van der Waals surface area contributed by atoms with Crippen molar-refractivity contribution in [2.24, 2.45) is 11.7 Å². The molecule has 0 saturated carbocycles. The highest BCUT2D eigenvalue weighted by molar-refractivity contribution is 5.90. The molecule has 96 valence electrons. The maximum Gasteiger partial charge on any atom is 0.291 e. The van der Waals surface area contributed by atoms with Gasteiger partial charge in [-0.1, -0.05) is 27.7 Å². The Kier molecular flexibility index (Phi) is 4.62. The molecule has 1 heterocycles. The zero-order valence-corrected chi connectivity index (χ0v) is 10.8. The normalized spacial score (nSPS) is 13.1. The second-order valence-corrected chi connectivity index (χ2v) is 4.82. The van der Waals surface area contributed by atoms with Crippen LogP contribution in [0.2, 0.25) is 0 Å². The third kappa shape index (κ3) is 3.81. The molecule has 1 aromatic heterocycles. The summed E-state index contributed by atoms with van der Waals surface area (Å²) in [5.41, 5.74) is 5.83. The zero-order chi connectivity index (χ0) is 13.0. The topological polar surface area (TPSA) is 96.7 Å². The van der Waals surface area contributed by atoms with E-state index in [1.807, 2.05) is 27.7 Å². The van der Waals surface area contributed by atoms with Gasteiger partial charge in [0.2, 0.25) is 5.82 Å². The summed E-state index contributed by atoms with van der Waals surface area (Å²) in [6.45, 7) is 8.43. The van der Waals surface area contributed by atoms with Crippen molar-refractivity contribution in [1.82, 2.24) is 20.5 Å². The summed E-state index contributed by atoms with van der Waals surface area (Å²) in [7, 11) is 0. The van der Waals surface area contributed by atoms with Crippen LogP contribution in [0, 0.1) is 5.92 Å². The van der Waals surface area contributed by atoms with Crippen molar-refractivity contribution in [1.29, 1.82) is 0 Å². The monoisotopic (exact) mass is 239 g/mol. The summed E-state index contributed by atoms with van der Waals surface area (Å²) in [6.07, 6.45) is 0. The summed E-state index contributed by atoms with van der Waals surface area (Å²) in [4.78, 5) is 15.8. The maximum absolute atomic E-state index is 11.7. The highest BCUT2D eigenvalue weighted by Crippen LogP contribution is 2.07. The van der Waals surface area contributed by atoms with Gasteiger partial charge in [-0.15, -0.1) is 5.10 Å². The number of aromatic nitrogens is 3. The molecule has 1 rings (SSSR count). The highest BCUT2D eigenvalue weighted by Gasteiger charge is 2.15. The molecule has 0 aliphatic carbocycles. The Morgan fingerprint density at radius 1 is 1.41 bits per heavy atom. The Labute approximate surface area is 101 Å². The number of hydrogen-bond donors (Lipinski definition) is 3. The first-order chi connectivity index (χ1) is 7.91. The lowest BCUT2D eigenvalue weighted by molar-refractivity contribution is 0.0939. The van der Waals surface area contributed by atoms with E-state index < -0.39 is 0 Å². The third-order valence-electron chi connectivity index (χ3n) is 2.61. The minimum absolute atomic E-state index is 0.0533. The van der Waals surface area contributed by atoms with Crippen molar-refractivity contribution in [3.05, 3.63) is 11.6 Å². The minimum atomic E-state index is -0.288. The quantitative estimate of drug-likeness (QED) is 0.702. The van der Waals surface area contributed by atoms with Crippen LogP contribution in [0.15, 0.2) is 0 Å². The van der Waals surface area contributed by atoms with E-state index in [1.54, 1.807) is 0 Å². The number of nitrogens with zero attached hydrogens (tertiary/aromatic N) is 2. The molecule has 1 amide bonds. The molecular formula is C11H21N5O. The van der Waals surface area contributed by atoms with Crippen molar-refractivity contribution in [3.8, 4) is 0 Å². The Morgan fingerprint density at radius 3 is 2.53 bits per heavy atom. The molecule has 0 aromatic carbocycles. The Bertz CT molecular complexity index is 372. The van der Waals surface area contributed by atoms with E-state index in [9.17, 15) is 4.79 Å². The molecular weight excluding hydrogens is 218 g/mol. The number of amides is 1. The number of carbonyl (C=O) groups is 1. The van der Waals surface area contributed by atoms with Gasteiger partial charge in [-0.05, 0) is 5.92 Å². The molecule has 6 heteroatoms. The summed E-state index contributed by atoms with van der Waals surface area (Å²) in [6, 6.07) is -0.0533. The van der Waals surface area contributed by atoms with E-state index in [2.05, 4.69) is 20.5 Å². The first-order valence-corrected chi connectivity index (χ1v) is 5.88. The minimum Gasteiger partial charge on any atom is -0.348 e. The van der Waals surface area contributed by atoms with Gasteiger partial charge in [0.25, 0.3) is 5.91 Å². The number of H-pyrrole nitrogens is 1. The number of carbonyl (C=O) groups excluding carboxylic acids is 1. The molecule has 4 N–H and O–H groups in total. The van der Waals surface area contributed by atoms with Gasteiger partial charge in [0.05, 0.1) is 0 Å². The van der Waals surface area contributed by atoms with Crippen molar-refractivity contribution in [2.75, 3.05) is 6.54 Å². The van der Waals surface area contributed by atoms with Crippen LogP contribution in [-0.2, 0) is 0 Å². The van der Waals surface area contributed by atoms with Crippen LogP contribution in [0.5, 0.6) is 0 Å². The number of rotatable bonds is 5. The van der Waals surface area contributed by atoms with Crippen LogP contribution >= 0.6 is 0 Å². The van der Waals surface area contributed by atoms with Crippen LogP contribution in [0.3, 0.4) is 0 Å². The highest BCUT2D eigenvalue weighted by atomic mass is 16.2. The van der Waals surface area contributed by atoms with Crippen LogP contribution in [0.25, 0.3) is 0 Å². The molecule has 0 bridgehead atoms. The number of nitrogens with two attached hydrogens (primary N) is 1. The lowest BCUT2D eigenvalue weighted by atomic mass is 10.1. The maximum atomic E-state index is 11.7. The predicted molar refractivity (Wildman–Crippen MR) is 65.6 cm³/mol. The molecule has 1 unspecified atom stereocenters. The van der Waals surface area contributed by atoms with E-state index in [1.165, 1.54) is 0 Å². The average molecular weight is 239 g/mol. The Balaban J connectivity index is 2.52. The average Bonchev–Trinajstić information content (AvgIpc) is 2.74. The largest absolute Gasteiger partial charge is 0.348 e. The fourth-order valence-corrected chi connectivity index (χ4v) is 1.16. The fraction of sp³-hybridized carbons (Fsp3) is 0.727. The number of aromatic amines is 1. The predicted octanol–water partition coefficient (Wildman–Crippen LogP) is 0.641. The number of nitrogens with one attached hydrogen (secondary N) is 2. The van der Waals surface area contributed by atoms with Gasteiger partial charge in [0.15, 0.2) is 0 Å². The zero-order valence-electron chi connectivity index (χ0n) is 10.8. The first-order valence-electron chi connectivity index (χ1n) is 5.88. The fourth-order valence-electron chi connectivity index (χ4n) is 1.16. The first kappa shape index (κ1) is 13.6. The van der Waals surface area contributed by atoms with Gasteiger partial charge >= 0.3 is 0 Å². The molecule has 1 atom stereocenters. The van der Waals surface area contributed by atoms with Crippen LogP contribution in [0.4, 0.5) is 0 Å². The lowest BCUT2D eigenvalue weighted by Crippen LogP contribution is -2.40. The standard InChI is InChI=1S/C11H21N5O/c1-6(2)8(12)5-13-11(17)10-14-9(7(3)4)15-16-10/h6-8H,5,12H2,1-4H3,(H,13,17)(H,14,15,16). The summed E-state index contributed by atoms with van der Waals surface area (Å²) in [5.74, 6) is 1.15. The van der Waals surface area contributed by atoms with Gasteiger partial charge in [-0.3, -0.25) is 9.89 Å². The second kappa shape index (κ2) is 5.77. The van der Waals surface area contributed by atoms with E-state index >= 15 is 0 Å². The Morgan fingerprint density at radius 2 is 2.06 bits per heavy atom. The summed E-state index contributed by atoms with van der Waals surface area (Å²) in [5, 5.41) is 9.34. The lowest BCUT2D eigenvalue weighted by Gasteiger charge is -2.15. The van der Waals surface area contributed by atoms with Crippen molar-refractivity contribution >= 4 is 5.91 Å². The molecule has 1 aromatic rings. The van der Waals surface area contributed by atoms with Gasteiger partial charge < -0.3 is 11.1 Å². The molecule has 0 aliphatic heterocycles. The summed E-state index contributed by atoms with van der Waals surface area (Å²) < 4.78 is 0. The smallest absolute Gasteiger partial charge is 0.291 e. The van der Waals surface area contributed by atoms with Gasteiger partial charge in [0.1, 0.15) is 5.82 Å². The van der Waals surface area contributed by atoms with Crippen molar-refractivity contribution in [2.45, 2.75) is 39.7 Å². The van der Waals surface area contributed by atoms with Gasteiger partial charge in [0, 0.05) is 18.5 Å². The molecule has 0 saturated heterocycles. The molecule has 0 aliphatic rings. The third-order valence-corrected chi connectivity index (χ3v) is 2.61. The number of hydrogen-bond acceptors (Lipinski definition) is 4. The van der Waals surface area contributed by atoms with E-state index in [0.717, 1.165) is 0 Å². The van der Waals surface area contributed by atoms with Crippen LogP contribution in [-0.4, -0.2) is 33.7 Å². The van der Waals surface area contributed by atoms with Crippen LogP contribution in [0.1, 0.15) is 50.1 Å². The van der Waals surface area contributed by atoms with E-state index in [4.69, 9.17) is 5.73 Å². The van der Waals surface area contributed by atoms with Crippen LogP contribution < -0.4 is 11.1 Å². The molecule has 6 nitrogen and oxygen atoms in total. The molecule has 0 spiro atoms. The van der Waals surface area contributed by atoms with Gasteiger partial charge in [-0.2, -0.15) is 0 Å². The summed E-state index contributed by atoms with van der Waals surface area (Å²) >= 11 is 0. The van der Waals surface area contributed by atoms with Crippen molar-refractivity contribution < 1.29 is 4.79 Å².